The lowest BCUT2D eigenvalue weighted by atomic mass is 10.3. The molecule has 0 amide bonds. The van der Waals surface area contributed by atoms with E-state index in [1.807, 2.05) is 31.2 Å². The Balaban J connectivity index is 2.58. The van der Waals surface area contributed by atoms with Crippen molar-refractivity contribution < 1.29 is 4.74 Å². The summed E-state index contributed by atoms with van der Waals surface area (Å²) >= 11 is 5.91. The van der Waals surface area contributed by atoms with Gasteiger partial charge < -0.3 is 10.5 Å². The van der Waals surface area contributed by atoms with E-state index >= 15 is 0 Å². The summed E-state index contributed by atoms with van der Waals surface area (Å²) in [5.41, 5.74) is 5.41. The molecule has 0 aromatic heterocycles. The Kier molecular flexibility index (Phi) is 4.06. The van der Waals surface area contributed by atoms with E-state index in [9.17, 15) is 0 Å². The second-order valence-electron chi connectivity index (χ2n) is 2.94. The molecule has 72 valence electrons. The Morgan fingerprint density at radius 3 is 2.77 bits per heavy atom. The molecule has 0 saturated carbocycles. The van der Waals surface area contributed by atoms with Crippen molar-refractivity contribution >= 4 is 11.6 Å². The van der Waals surface area contributed by atoms with E-state index in [0.717, 1.165) is 12.2 Å². The molecule has 13 heavy (non-hydrogen) atoms. The van der Waals surface area contributed by atoms with Crippen LogP contribution in [0.25, 0.3) is 0 Å². The SMILES string of the molecule is CC(CCN)Oc1ccccc1Cl. The minimum absolute atomic E-state index is 0.116. The van der Waals surface area contributed by atoms with Crippen LogP contribution in [0.5, 0.6) is 5.75 Å². The van der Waals surface area contributed by atoms with Crippen molar-refractivity contribution in [3.63, 3.8) is 0 Å². The predicted molar refractivity (Wildman–Crippen MR) is 55.2 cm³/mol. The third-order valence-corrected chi connectivity index (χ3v) is 2.05. The fourth-order valence-corrected chi connectivity index (χ4v) is 1.23. The molecule has 0 aliphatic carbocycles. The van der Waals surface area contributed by atoms with Crippen LogP contribution >= 0.6 is 11.6 Å². The van der Waals surface area contributed by atoms with Gasteiger partial charge in [0.1, 0.15) is 5.75 Å². The second-order valence-corrected chi connectivity index (χ2v) is 3.34. The third-order valence-electron chi connectivity index (χ3n) is 1.74. The number of para-hydroxylation sites is 1. The number of halogens is 1. The summed E-state index contributed by atoms with van der Waals surface area (Å²) in [6, 6.07) is 7.45. The molecule has 1 atom stereocenters. The average molecular weight is 200 g/mol. The first kappa shape index (κ1) is 10.4. The molecule has 2 N–H and O–H groups in total. The fraction of sp³-hybridized carbons (Fsp3) is 0.400. The molecular weight excluding hydrogens is 186 g/mol. The van der Waals surface area contributed by atoms with Gasteiger partial charge >= 0.3 is 0 Å². The van der Waals surface area contributed by atoms with Gasteiger partial charge in [0, 0.05) is 0 Å². The van der Waals surface area contributed by atoms with Gasteiger partial charge in [0.15, 0.2) is 0 Å². The number of nitrogens with two attached hydrogens (primary N) is 1. The summed E-state index contributed by atoms with van der Waals surface area (Å²) < 4.78 is 5.57. The molecule has 0 saturated heterocycles. The molecule has 0 aliphatic heterocycles. The zero-order valence-electron chi connectivity index (χ0n) is 7.66. The molecule has 1 rings (SSSR count). The largest absolute Gasteiger partial charge is 0.489 e. The van der Waals surface area contributed by atoms with Crippen molar-refractivity contribution in [3.8, 4) is 5.75 Å². The number of hydrogen-bond donors (Lipinski definition) is 1. The Labute approximate surface area is 83.6 Å². The smallest absolute Gasteiger partial charge is 0.138 e. The van der Waals surface area contributed by atoms with Crippen LogP contribution in [0.15, 0.2) is 24.3 Å². The minimum Gasteiger partial charge on any atom is -0.489 e. The second kappa shape index (κ2) is 5.10. The normalized spacial score (nSPS) is 12.5. The number of rotatable bonds is 4. The maximum Gasteiger partial charge on any atom is 0.138 e. The van der Waals surface area contributed by atoms with E-state index in [0.29, 0.717) is 11.6 Å². The number of ether oxygens (including phenoxy) is 1. The van der Waals surface area contributed by atoms with E-state index in [1.165, 1.54) is 0 Å². The monoisotopic (exact) mass is 199 g/mol. The summed E-state index contributed by atoms with van der Waals surface area (Å²) in [5.74, 6) is 0.727. The Morgan fingerprint density at radius 1 is 1.46 bits per heavy atom. The lowest BCUT2D eigenvalue weighted by Crippen LogP contribution is -2.16. The summed E-state index contributed by atoms with van der Waals surface area (Å²) in [6.07, 6.45) is 0.954. The van der Waals surface area contributed by atoms with Gasteiger partial charge in [0.2, 0.25) is 0 Å². The maximum atomic E-state index is 5.91. The summed E-state index contributed by atoms with van der Waals surface area (Å²) in [5, 5.41) is 0.645. The lowest BCUT2D eigenvalue weighted by Gasteiger charge is -2.14. The van der Waals surface area contributed by atoms with Gasteiger partial charge in [-0.25, -0.2) is 0 Å². The predicted octanol–water partition coefficient (Wildman–Crippen LogP) is 2.46. The van der Waals surface area contributed by atoms with E-state index < -0.39 is 0 Å². The van der Waals surface area contributed by atoms with Gasteiger partial charge in [-0.15, -0.1) is 0 Å². The highest BCUT2D eigenvalue weighted by Gasteiger charge is 2.04. The lowest BCUT2D eigenvalue weighted by molar-refractivity contribution is 0.214. The molecule has 1 aromatic carbocycles. The summed E-state index contributed by atoms with van der Waals surface area (Å²) in [4.78, 5) is 0. The number of hydrogen-bond acceptors (Lipinski definition) is 2. The minimum atomic E-state index is 0.116. The zero-order chi connectivity index (χ0) is 9.68. The summed E-state index contributed by atoms with van der Waals surface area (Å²) in [7, 11) is 0. The van der Waals surface area contributed by atoms with E-state index in [1.54, 1.807) is 0 Å². The molecular formula is C10H14ClNO. The van der Waals surface area contributed by atoms with Crippen molar-refractivity contribution in [1.82, 2.24) is 0 Å². The highest BCUT2D eigenvalue weighted by Crippen LogP contribution is 2.24. The molecule has 0 radical (unpaired) electrons. The van der Waals surface area contributed by atoms with Crippen LogP contribution in [0.2, 0.25) is 5.02 Å². The standard InChI is InChI=1S/C10H14ClNO/c1-8(6-7-12)13-10-5-3-2-4-9(10)11/h2-5,8H,6-7,12H2,1H3. The fourth-order valence-electron chi connectivity index (χ4n) is 1.05. The Hall–Kier alpha value is -0.730. The molecule has 0 fully saturated rings. The van der Waals surface area contributed by atoms with Crippen molar-refractivity contribution in [2.75, 3.05) is 6.54 Å². The molecule has 3 heteroatoms. The maximum absolute atomic E-state index is 5.91. The van der Waals surface area contributed by atoms with Crippen molar-refractivity contribution in [3.05, 3.63) is 29.3 Å². The number of benzene rings is 1. The van der Waals surface area contributed by atoms with Gasteiger partial charge in [-0.1, -0.05) is 23.7 Å². The first-order chi connectivity index (χ1) is 6.24. The molecule has 0 heterocycles. The molecule has 1 aromatic rings. The van der Waals surface area contributed by atoms with Crippen LogP contribution in [0.3, 0.4) is 0 Å². The molecule has 0 aliphatic rings. The van der Waals surface area contributed by atoms with E-state index in [-0.39, 0.29) is 6.10 Å². The first-order valence-corrected chi connectivity index (χ1v) is 4.73. The molecule has 0 spiro atoms. The van der Waals surface area contributed by atoms with Gasteiger partial charge in [0.25, 0.3) is 0 Å². The summed E-state index contributed by atoms with van der Waals surface area (Å²) in [6.45, 7) is 2.61. The quantitative estimate of drug-likeness (QED) is 0.809. The first-order valence-electron chi connectivity index (χ1n) is 4.35. The Bertz CT molecular complexity index is 265. The van der Waals surface area contributed by atoms with Crippen LogP contribution in [0.1, 0.15) is 13.3 Å². The topological polar surface area (TPSA) is 35.2 Å². The van der Waals surface area contributed by atoms with Gasteiger partial charge in [0.05, 0.1) is 11.1 Å². The van der Waals surface area contributed by atoms with Crippen LogP contribution in [-0.4, -0.2) is 12.6 Å². The average Bonchev–Trinajstić information content (AvgIpc) is 2.09. The van der Waals surface area contributed by atoms with Crippen LogP contribution in [0.4, 0.5) is 0 Å². The van der Waals surface area contributed by atoms with Gasteiger partial charge in [-0.05, 0) is 32.0 Å². The van der Waals surface area contributed by atoms with Crippen LogP contribution in [-0.2, 0) is 0 Å². The highest BCUT2D eigenvalue weighted by molar-refractivity contribution is 6.32. The van der Waals surface area contributed by atoms with Crippen LogP contribution < -0.4 is 10.5 Å². The zero-order valence-corrected chi connectivity index (χ0v) is 8.42. The van der Waals surface area contributed by atoms with E-state index in [4.69, 9.17) is 22.1 Å². The molecule has 0 bridgehead atoms. The van der Waals surface area contributed by atoms with Gasteiger partial charge in [-0.3, -0.25) is 0 Å². The van der Waals surface area contributed by atoms with E-state index in [2.05, 4.69) is 0 Å². The van der Waals surface area contributed by atoms with Crippen molar-refractivity contribution in [1.29, 1.82) is 0 Å². The third kappa shape index (κ3) is 3.25. The van der Waals surface area contributed by atoms with Crippen molar-refractivity contribution in [2.45, 2.75) is 19.4 Å². The van der Waals surface area contributed by atoms with Crippen molar-refractivity contribution in [2.24, 2.45) is 5.73 Å². The van der Waals surface area contributed by atoms with Gasteiger partial charge in [-0.2, -0.15) is 0 Å². The highest BCUT2D eigenvalue weighted by atomic mass is 35.5. The Morgan fingerprint density at radius 2 is 2.15 bits per heavy atom. The van der Waals surface area contributed by atoms with Crippen LogP contribution in [0, 0.1) is 0 Å². The molecule has 1 unspecified atom stereocenters. The molecule has 2 nitrogen and oxygen atoms in total.